The van der Waals surface area contributed by atoms with Crippen LogP contribution in [0.3, 0.4) is 0 Å². The second kappa shape index (κ2) is 18.5. The first-order chi connectivity index (χ1) is 30.1. The maximum absolute atomic E-state index is 12.7. The number of piperidine rings is 2. The molecule has 0 spiro atoms. The summed E-state index contributed by atoms with van der Waals surface area (Å²) in [5, 5.41) is 27.5. The van der Waals surface area contributed by atoms with Crippen LogP contribution in [0.15, 0.2) is 67.0 Å². The highest BCUT2D eigenvalue weighted by Gasteiger charge is 2.53. The van der Waals surface area contributed by atoms with Gasteiger partial charge in [-0.2, -0.15) is 5.26 Å². The van der Waals surface area contributed by atoms with Crippen molar-refractivity contribution in [2.75, 3.05) is 31.6 Å². The molecular weight excluding hydrogens is 801 g/mol. The van der Waals surface area contributed by atoms with Crippen LogP contribution in [0.5, 0.6) is 11.5 Å². The molecule has 3 aliphatic heterocycles. The Hall–Kier alpha value is -6.40. The van der Waals surface area contributed by atoms with Gasteiger partial charge >= 0.3 is 0 Å². The summed E-state index contributed by atoms with van der Waals surface area (Å²) < 4.78 is 5.77. The highest BCUT2D eigenvalue weighted by Crippen LogP contribution is 2.53. The predicted octanol–water partition coefficient (Wildman–Crippen LogP) is 5.90. The number of imide groups is 2. The van der Waals surface area contributed by atoms with Crippen LogP contribution >= 0.6 is 0 Å². The first-order valence-electron chi connectivity index (χ1n) is 21.8. The minimum atomic E-state index is -0.939. The van der Waals surface area contributed by atoms with Gasteiger partial charge in [-0.25, -0.2) is 4.98 Å². The Bertz CT molecular complexity index is 2420. The molecule has 2 aromatic carbocycles. The van der Waals surface area contributed by atoms with Crippen molar-refractivity contribution in [3.63, 3.8) is 0 Å². The Morgan fingerprint density at radius 1 is 0.937 bits per heavy atom. The topological polar surface area (TPSA) is 207 Å². The standard InChI is InChI=1S/C21H34N4O.C17H16N2O5.C10H6N2O/c1-20(2)14-21(3,4)19(20)24-18(26)16-6-7-17(23-13-16)25-10-8-15(9-11-25)12-22-5;20-14-7-6-13(15(21)18-14)19-16(22)11-5-4-10(8-12(11)17(19)23)24-9-2-1-3-9;11-6-7-3-4-9(13)8-2-1-5-12-10(7)8/h6-7,13,15,19,22H,8-12,14H2,1-5H3,(H,24,26);4-5,8-9,13H,1-3,6-7H2,(H,18,20,21);1-5,13H. The van der Waals surface area contributed by atoms with E-state index in [-0.39, 0.29) is 64.5 Å². The van der Waals surface area contributed by atoms with Gasteiger partial charge in [0.25, 0.3) is 17.7 Å². The maximum atomic E-state index is 12.7. The highest BCUT2D eigenvalue weighted by atomic mass is 16.5. The van der Waals surface area contributed by atoms with E-state index < -0.39 is 23.8 Å². The largest absolute Gasteiger partial charge is 0.507 e. The number of nitrogens with one attached hydrogen (secondary N) is 3. The molecule has 5 heterocycles. The molecule has 15 nitrogen and oxygen atoms in total. The molecule has 2 aromatic heterocycles. The van der Waals surface area contributed by atoms with E-state index in [0.29, 0.717) is 27.8 Å². The number of hydrogen-bond acceptors (Lipinski definition) is 12. The Balaban J connectivity index is 0.000000149. The van der Waals surface area contributed by atoms with Crippen LogP contribution in [0, 0.1) is 28.1 Å². The number of carbonyl (C=O) groups excluding carboxylic acids is 5. The summed E-state index contributed by atoms with van der Waals surface area (Å²) in [6, 6.07) is 16.5. The van der Waals surface area contributed by atoms with Gasteiger partial charge in [0, 0.05) is 43.3 Å². The number of aromatic nitrogens is 2. The third-order valence-corrected chi connectivity index (χ3v) is 12.8. The molecule has 1 unspecified atom stereocenters. The lowest BCUT2D eigenvalue weighted by atomic mass is 9.52. The van der Waals surface area contributed by atoms with Crippen molar-refractivity contribution in [3.8, 4) is 17.6 Å². The first-order valence-corrected chi connectivity index (χ1v) is 21.8. The summed E-state index contributed by atoms with van der Waals surface area (Å²) in [6.07, 6.45) is 10.4. The number of carbonyl (C=O) groups is 5. The Morgan fingerprint density at radius 2 is 1.67 bits per heavy atom. The number of fused-ring (bicyclic) bond motifs is 2. The Morgan fingerprint density at radius 3 is 2.29 bits per heavy atom. The monoisotopic (exact) mass is 856 g/mol. The fourth-order valence-corrected chi connectivity index (χ4v) is 9.72. The van der Waals surface area contributed by atoms with Gasteiger partial charge in [0.1, 0.15) is 29.4 Å². The number of nitriles is 1. The number of aromatic hydroxyl groups is 1. The Labute approximate surface area is 367 Å². The number of hydrogen-bond donors (Lipinski definition) is 4. The third-order valence-electron chi connectivity index (χ3n) is 12.8. The van der Waals surface area contributed by atoms with Gasteiger partial charge in [-0.3, -0.25) is 39.2 Å². The van der Waals surface area contributed by atoms with E-state index in [9.17, 15) is 29.1 Å². The molecule has 1 atom stereocenters. The molecule has 9 rings (SSSR count). The fourth-order valence-electron chi connectivity index (χ4n) is 9.72. The van der Waals surface area contributed by atoms with Crippen molar-refractivity contribution in [2.24, 2.45) is 16.7 Å². The predicted molar refractivity (Wildman–Crippen MR) is 236 cm³/mol. The molecule has 2 saturated carbocycles. The molecule has 2 saturated heterocycles. The van der Waals surface area contributed by atoms with Crippen LogP contribution in [0.25, 0.3) is 10.9 Å². The summed E-state index contributed by atoms with van der Waals surface area (Å²) in [5.74, 6) is 0.442. The van der Waals surface area contributed by atoms with Crippen LogP contribution in [-0.4, -0.2) is 94.4 Å². The number of phenols is 1. The molecule has 4 fully saturated rings. The molecule has 4 aromatic rings. The minimum absolute atomic E-state index is 0.0115. The van der Waals surface area contributed by atoms with E-state index in [1.165, 1.54) is 18.9 Å². The first kappa shape index (κ1) is 44.6. The number of ether oxygens (including phenoxy) is 1. The number of pyridine rings is 2. The maximum Gasteiger partial charge on any atom is 0.262 e. The lowest BCUT2D eigenvalue weighted by Crippen LogP contribution is -2.63. The van der Waals surface area contributed by atoms with E-state index in [1.807, 2.05) is 25.2 Å². The number of nitrogens with zero attached hydrogens (tertiary/aromatic N) is 5. The summed E-state index contributed by atoms with van der Waals surface area (Å²) >= 11 is 0. The number of rotatable bonds is 8. The summed E-state index contributed by atoms with van der Waals surface area (Å²) in [7, 11) is 2.02. The van der Waals surface area contributed by atoms with Crippen LogP contribution in [0.1, 0.15) is 116 Å². The number of benzene rings is 2. The van der Waals surface area contributed by atoms with Gasteiger partial charge in [-0.05, 0) is 130 Å². The van der Waals surface area contributed by atoms with Gasteiger partial charge in [0.15, 0.2) is 0 Å². The smallest absolute Gasteiger partial charge is 0.262 e. The van der Waals surface area contributed by atoms with E-state index in [2.05, 4.69) is 58.5 Å². The molecule has 2 aliphatic carbocycles. The quantitative estimate of drug-likeness (QED) is 0.153. The van der Waals surface area contributed by atoms with Crippen molar-refractivity contribution in [3.05, 3.63) is 89.2 Å². The van der Waals surface area contributed by atoms with Crippen molar-refractivity contribution in [1.29, 1.82) is 5.26 Å². The highest BCUT2D eigenvalue weighted by molar-refractivity contribution is 6.23. The zero-order chi connectivity index (χ0) is 45.1. The normalized spacial score (nSPS) is 20.5. The molecule has 15 heteroatoms. The fraction of sp³-hybridized carbons (Fsp3) is 0.458. The molecule has 0 radical (unpaired) electrons. The molecular formula is C48H56N8O7. The van der Waals surface area contributed by atoms with E-state index in [1.54, 1.807) is 48.8 Å². The van der Waals surface area contributed by atoms with E-state index in [4.69, 9.17) is 10.00 Å². The zero-order valence-corrected chi connectivity index (χ0v) is 36.6. The van der Waals surface area contributed by atoms with Crippen molar-refractivity contribution >= 4 is 46.3 Å². The van der Waals surface area contributed by atoms with E-state index in [0.717, 1.165) is 62.0 Å². The van der Waals surface area contributed by atoms with Crippen molar-refractivity contribution < 1.29 is 33.8 Å². The summed E-state index contributed by atoms with van der Waals surface area (Å²) in [4.78, 5) is 73.0. The SMILES string of the molecule is CNCC1CCN(c2ccc(C(=O)NC3C(C)(C)CC3(C)C)cn2)CC1.N#Cc1ccc(O)c2cccnc12.O=C1CCC(N2C(=O)c3ccc(OC4CCC4)cc3C2=O)C(=O)N1. The molecule has 0 bridgehead atoms. The van der Waals surface area contributed by atoms with Gasteiger partial charge in [0.05, 0.1) is 33.9 Å². The molecule has 5 aliphatic rings. The van der Waals surface area contributed by atoms with Crippen LogP contribution in [0.2, 0.25) is 0 Å². The van der Waals surface area contributed by atoms with Crippen LogP contribution in [-0.2, 0) is 9.59 Å². The van der Waals surface area contributed by atoms with Gasteiger partial charge in [-0.1, -0.05) is 27.7 Å². The Kier molecular flexibility index (Phi) is 13.1. The van der Waals surface area contributed by atoms with Crippen molar-refractivity contribution in [1.82, 2.24) is 30.8 Å². The lowest BCUT2D eigenvalue weighted by molar-refractivity contribution is -0.136. The second-order valence-electron chi connectivity index (χ2n) is 18.4. The van der Waals surface area contributed by atoms with Gasteiger partial charge in [0.2, 0.25) is 11.8 Å². The zero-order valence-electron chi connectivity index (χ0n) is 36.6. The average Bonchev–Trinajstić information content (AvgIpc) is 3.49. The average molecular weight is 857 g/mol. The number of amides is 5. The van der Waals surface area contributed by atoms with Crippen LogP contribution in [0.4, 0.5) is 5.82 Å². The number of anilines is 1. The molecule has 4 N–H and O–H groups in total. The van der Waals surface area contributed by atoms with Gasteiger partial charge < -0.3 is 25.4 Å². The van der Waals surface area contributed by atoms with Gasteiger partial charge in [-0.15, -0.1) is 0 Å². The molecule has 330 valence electrons. The third kappa shape index (κ3) is 9.66. The molecule has 5 amide bonds. The van der Waals surface area contributed by atoms with Crippen molar-refractivity contribution in [2.45, 2.75) is 97.2 Å². The number of phenolic OH excluding ortho intramolecular Hbond substituents is 1. The second-order valence-corrected chi connectivity index (χ2v) is 18.4. The summed E-state index contributed by atoms with van der Waals surface area (Å²) in [6.45, 7) is 12.1. The van der Waals surface area contributed by atoms with E-state index >= 15 is 0 Å². The molecule has 63 heavy (non-hydrogen) atoms. The summed E-state index contributed by atoms with van der Waals surface area (Å²) in [5.41, 5.74) is 2.51. The lowest BCUT2D eigenvalue weighted by Gasteiger charge is -2.57. The van der Waals surface area contributed by atoms with Crippen LogP contribution < -0.4 is 25.6 Å². The minimum Gasteiger partial charge on any atom is -0.507 e.